The molecule has 2 aliphatic rings. The number of carbonyl (C=O) groups is 2. The van der Waals surface area contributed by atoms with Gasteiger partial charge in [-0.15, -0.1) is 0 Å². The van der Waals surface area contributed by atoms with E-state index in [0.717, 1.165) is 19.0 Å². The molecule has 2 amide bonds. The van der Waals surface area contributed by atoms with Crippen LogP contribution in [0.2, 0.25) is 5.02 Å². The molecule has 3 N–H and O–H groups in total. The van der Waals surface area contributed by atoms with E-state index in [0.29, 0.717) is 18.7 Å². The van der Waals surface area contributed by atoms with E-state index in [9.17, 15) is 19.1 Å². The number of halogens is 2. The SMILES string of the molecule is O=C(NCc1cc(F)cc(Cl)c1)C1(O)CCN(C2CCNC2)C1=O. The van der Waals surface area contributed by atoms with E-state index in [2.05, 4.69) is 10.6 Å². The fourth-order valence-corrected chi connectivity index (χ4v) is 3.48. The van der Waals surface area contributed by atoms with Crippen LogP contribution in [0.3, 0.4) is 0 Å². The van der Waals surface area contributed by atoms with Crippen molar-refractivity contribution in [3.8, 4) is 0 Å². The van der Waals surface area contributed by atoms with E-state index < -0.39 is 23.2 Å². The van der Waals surface area contributed by atoms with Crippen LogP contribution in [0.4, 0.5) is 4.39 Å². The zero-order valence-corrected chi connectivity index (χ0v) is 13.8. The molecule has 1 aromatic carbocycles. The molecular formula is C16H19ClFN3O3. The van der Waals surface area contributed by atoms with Crippen molar-refractivity contribution in [2.75, 3.05) is 19.6 Å². The second-order valence-electron chi connectivity index (χ2n) is 6.22. The maximum Gasteiger partial charge on any atom is 0.264 e. The van der Waals surface area contributed by atoms with Crippen LogP contribution in [0.5, 0.6) is 0 Å². The molecule has 3 rings (SSSR count). The van der Waals surface area contributed by atoms with Crippen molar-refractivity contribution in [1.82, 2.24) is 15.5 Å². The van der Waals surface area contributed by atoms with Crippen LogP contribution in [-0.4, -0.2) is 53.1 Å². The molecule has 0 spiro atoms. The predicted octanol–water partition coefficient (Wildman–Crippen LogP) is 0.421. The van der Waals surface area contributed by atoms with Crippen molar-refractivity contribution in [3.05, 3.63) is 34.6 Å². The van der Waals surface area contributed by atoms with Gasteiger partial charge in [-0.3, -0.25) is 9.59 Å². The summed E-state index contributed by atoms with van der Waals surface area (Å²) in [6, 6.07) is 3.93. The highest BCUT2D eigenvalue weighted by Gasteiger charge is 2.52. The molecule has 0 saturated carbocycles. The summed E-state index contributed by atoms with van der Waals surface area (Å²) in [6.45, 7) is 1.82. The van der Waals surface area contributed by atoms with Gasteiger partial charge in [0, 0.05) is 37.1 Å². The first-order valence-corrected chi connectivity index (χ1v) is 8.25. The van der Waals surface area contributed by atoms with Crippen LogP contribution in [0.1, 0.15) is 18.4 Å². The molecular weight excluding hydrogens is 337 g/mol. The Kier molecular flexibility index (Phi) is 4.76. The molecule has 130 valence electrons. The number of nitrogens with zero attached hydrogens (tertiary/aromatic N) is 1. The number of amides is 2. The number of hydrogen-bond donors (Lipinski definition) is 3. The maximum absolute atomic E-state index is 13.3. The fourth-order valence-electron chi connectivity index (χ4n) is 3.23. The molecule has 2 fully saturated rings. The molecule has 1 aromatic rings. The number of aliphatic hydroxyl groups is 1. The van der Waals surface area contributed by atoms with Crippen molar-refractivity contribution in [2.45, 2.75) is 31.0 Å². The molecule has 0 radical (unpaired) electrons. The average Bonchev–Trinajstić information content (AvgIpc) is 3.14. The van der Waals surface area contributed by atoms with Crippen molar-refractivity contribution < 1.29 is 19.1 Å². The largest absolute Gasteiger partial charge is 0.372 e. The maximum atomic E-state index is 13.3. The van der Waals surface area contributed by atoms with Gasteiger partial charge in [-0.05, 0) is 36.7 Å². The van der Waals surface area contributed by atoms with Gasteiger partial charge in [-0.2, -0.15) is 0 Å². The van der Waals surface area contributed by atoms with E-state index >= 15 is 0 Å². The number of nitrogens with one attached hydrogen (secondary N) is 2. The highest BCUT2D eigenvalue weighted by molar-refractivity contribution is 6.30. The lowest BCUT2D eigenvalue weighted by Gasteiger charge is -2.25. The smallest absolute Gasteiger partial charge is 0.264 e. The first kappa shape index (κ1) is 17.1. The van der Waals surface area contributed by atoms with Gasteiger partial charge in [0.15, 0.2) is 0 Å². The Hall–Kier alpha value is -1.70. The summed E-state index contributed by atoms with van der Waals surface area (Å²) in [5.41, 5.74) is -1.60. The number of carbonyl (C=O) groups excluding carboxylic acids is 2. The zero-order valence-electron chi connectivity index (χ0n) is 13.0. The predicted molar refractivity (Wildman–Crippen MR) is 85.8 cm³/mol. The van der Waals surface area contributed by atoms with Gasteiger partial charge in [0.2, 0.25) is 5.60 Å². The van der Waals surface area contributed by atoms with E-state index in [4.69, 9.17) is 11.6 Å². The molecule has 0 bridgehead atoms. The lowest BCUT2D eigenvalue weighted by Crippen LogP contribution is -2.53. The summed E-state index contributed by atoms with van der Waals surface area (Å²) >= 11 is 5.77. The molecule has 2 atom stereocenters. The molecule has 24 heavy (non-hydrogen) atoms. The Morgan fingerprint density at radius 2 is 2.29 bits per heavy atom. The van der Waals surface area contributed by atoms with Crippen LogP contribution in [0.25, 0.3) is 0 Å². The van der Waals surface area contributed by atoms with Gasteiger partial charge < -0.3 is 20.6 Å². The molecule has 2 aliphatic heterocycles. The Morgan fingerprint density at radius 3 is 2.96 bits per heavy atom. The average molecular weight is 356 g/mol. The van der Waals surface area contributed by atoms with Crippen LogP contribution in [0, 0.1) is 5.82 Å². The van der Waals surface area contributed by atoms with Crippen LogP contribution < -0.4 is 10.6 Å². The second-order valence-corrected chi connectivity index (χ2v) is 6.65. The summed E-state index contributed by atoms with van der Waals surface area (Å²) in [5, 5.41) is 16.4. The minimum Gasteiger partial charge on any atom is -0.372 e. The first-order valence-electron chi connectivity index (χ1n) is 7.87. The van der Waals surface area contributed by atoms with Crippen LogP contribution in [0.15, 0.2) is 18.2 Å². The highest BCUT2D eigenvalue weighted by atomic mass is 35.5. The third-order valence-electron chi connectivity index (χ3n) is 4.56. The van der Waals surface area contributed by atoms with Crippen LogP contribution >= 0.6 is 11.6 Å². The summed E-state index contributed by atoms with van der Waals surface area (Å²) < 4.78 is 13.3. The molecule has 8 heteroatoms. The van der Waals surface area contributed by atoms with Gasteiger partial charge >= 0.3 is 0 Å². The quantitative estimate of drug-likeness (QED) is 0.684. The zero-order chi connectivity index (χ0) is 17.3. The van der Waals surface area contributed by atoms with Crippen molar-refractivity contribution in [1.29, 1.82) is 0 Å². The highest BCUT2D eigenvalue weighted by Crippen LogP contribution is 2.27. The van der Waals surface area contributed by atoms with Crippen molar-refractivity contribution >= 4 is 23.4 Å². The topological polar surface area (TPSA) is 81.7 Å². The van der Waals surface area contributed by atoms with Crippen molar-refractivity contribution in [2.24, 2.45) is 0 Å². The lowest BCUT2D eigenvalue weighted by atomic mass is 10.0. The van der Waals surface area contributed by atoms with Crippen LogP contribution in [-0.2, 0) is 16.1 Å². The summed E-state index contributed by atoms with van der Waals surface area (Å²) in [5.74, 6) is -1.84. The van der Waals surface area contributed by atoms with Gasteiger partial charge in [-0.25, -0.2) is 4.39 Å². The monoisotopic (exact) mass is 355 g/mol. The molecule has 6 nitrogen and oxygen atoms in total. The molecule has 2 saturated heterocycles. The Labute approximate surface area is 144 Å². The summed E-state index contributed by atoms with van der Waals surface area (Å²) in [4.78, 5) is 26.4. The molecule has 2 heterocycles. The normalized spacial score (nSPS) is 26.9. The Balaban J connectivity index is 1.64. The third kappa shape index (κ3) is 3.24. The molecule has 2 unspecified atom stereocenters. The number of hydrogen-bond acceptors (Lipinski definition) is 4. The second kappa shape index (κ2) is 6.66. The van der Waals surface area contributed by atoms with E-state index in [1.807, 2.05) is 0 Å². The Morgan fingerprint density at radius 1 is 1.50 bits per heavy atom. The first-order chi connectivity index (χ1) is 11.4. The fraction of sp³-hybridized carbons (Fsp3) is 0.500. The number of rotatable bonds is 4. The summed E-state index contributed by atoms with van der Waals surface area (Å²) in [7, 11) is 0. The minimum absolute atomic E-state index is 0.0151. The van der Waals surface area contributed by atoms with E-state index in [1.165, 1.54) is 12.1 Å². The lowest BCUT2D eigenvalue weighted by molar-refractivity contribution is -0.155. The van der Waals surface area contributed by atoms with E-state index in [-0.39, 0.29) is 24.0 Å². The number of benzene rings is 1. The Bertz CT molecular complexity index is 646. The standard InChI is InChI=1S/C16H19ClFN3O3/c17-11-5-10(6-12(18)7-11)8-20-14(22)16(24)2-4-21(15(16)23)13-1-3-19-9-13/h5-7,13,19,24H,1-4,8-9H2,(H,20,22). The summed E-state index contributed by atoms with van der Waals surface area (Å²) in [6.07, 6.45) is 0.864. The van der Waals surface area contributed by atoms with Crippen molar-refractivity contribution in [3.63, 3.8) is 0 Å². The molecule has 0 aliphatic carbocycles. The van der Waals surface area contributed by atoms with E-state index in [1.54, 1.807) is 4.90 Å². The van der Waals surface area contributed by atoms with Gasteiger partial charge in [0.25, 0.3) is 11.8 Å². The minimum atomic E-state index is -2.06. The van der Waals surface area contributed by atoms with Gasteiger partial charge in [0.05, 0.1) is 0 Å². The number of likely N-dealkylation sites (tertiary alicyclic amines) is 1. The third-order valence-corrected chi connectivity index (χ3v) is 4.77. The molecule has 0 aromatic heterocycles. The van der Waals surface area contributed by atoms with Gasteiger partial charge in [-0.1, -0.05) is 11.6 Å². The van der Waals surface area contributed by atoms with Gasteiger partial charge in [0.1, 0.15) is 5.82 Å².